The van der Waals surface area contributed by atoms with Crippen molar-refractivity contribution in [3.63, 3.8) is 0 Å². The van der Waals surface area contributed by atoms with E-state index in [1.54, 1.807) is 25.1 Å². The summed E-state index contributed by atoms with van der Waals surface area (Å²) >= 11 is 0. The first-order valence-corrected chi connectivity index (χ1v) is 5.86. The molecule has 0 aromatic heterocycles. The summed E-state index contributed by atoms with van der Waals surface area (Å²) in [4.78, 5) is 0.509. The van der Waals surface area contributed by atoms with Gasteiger partial charge in [0.1, 0.15) is 5.75 Å². The Balaban J connectivity index is 2.96. The van der Waals surface area contributed by atoms with Crippen molar-refractivity contribution >= 4 is 16.5 Å². The van der Waals surface area contributed by atoms with Crippen LogP contribution in [0.3, 0.4) is 0 Å². The Morgan fingerprint density at radius 1 is 1.60 bits per heavy atom. The average Bonchev–Trinajstić information content (AvgIpc) is 2.17. The minimum atomic E-state index is -1.29. The lowest BCUT2D eigenvalue weighted by Crippen LogP contribution is -2.13. The molecule has 1 aromatic rings. The van der Waals surface area contributed by atoms with Crippen LogP contribution in [-0.4, -0.2) is 28.3 Å². The molecule has 5 heteroatoms. The zero-order valence-corrected chi connectivity index (χ0v) is 9.58. The van der Waals surface area contributed by atoms with Crippen LogP contribution in [0.4, 0.5) is 5.69 Å². The van der Waals surface area contributed by atoms with Crippen molar-refractivity contribution in [2.24, 2.45) is 0 Å². The van der Waals surface area contributed by atoms with Gasteiger partial charge in [0, 0.05) is 5.69 Å². The molecule has 2 unspecified atom stereocenters. The van der Waals surface area contributed by atoms with Gasteiger partial charge in [0.2, 0.25) is 0 Å². The summed E-state index contributed by atoms with van der Waals surface area (Å²) in [6.07, 6.45) is -0.614. The summed E-state index contributed by atoms with van der Waals surface area (Å²) in [6, 6.07) is 4.99. The molecular weight excluding hydrogens is 214 g/mol. The minimum absolute atomic E-state index is 0.178. The smallest absolute Gasteiger partial charge is 0.120 e. The molecule has 0 saturated heterocycles. The molecule has 84 valence electrons. The molecule has 0 amide bonds. The maximum atomic E-state index is 11.8. The van der Waals surface area contributed by atoms with Crippen LogP contribution >= 0.6 is 0 Å². The third kappa shape index (κ3) is 3.21. The van der Waals surface area contributed by atoms with Crippen LogP contribution in [0.1, 0.15) is 6.92 Å². The molecule has 0 saturated carbocycles. The first-order valence-electron chi connectivity index (χ1n) is 4.54. The summed E-state index contributed by atoms with van der Waals surface area (Å²) in [6.45, 7) is 1.59. The van der Waals surface area contributed by atoms with E-state index in [-0.39, 0.29) is 5.75 Å². The van der Waals surface area contributed by atoms with Crippen LogP contribution < -0.4 is 10.5 Å². The predicted octanol–water partition coefficient (Wildman–Crippen LogP) is 0.766. The van der Waals surface area contributed by atoms with Crippen LogP contribution in [-0.2, 0) is 10.8 Å². The van der Waals surface area contributed by atoms with Crippen LogP contribution in [0.25, 0.3) is 0 Å². The van der Waals surface area contributed by atoms with Gasteiger partial charge in [0.25, 0.3) is 0 Å². The highest BCUT2D eigenvalue weighted by molar-refractivity contribution is 7.85. The third-order valence-electron chi connectivity index (χ3n) is 1.86. The lowest BCUT2D eigenvalue weighted by Gasteiger charge is -2.09. The fourth-order valence-corrected chi connectivity index (χ4v) is 2.34. The summed E-state index contributed by atoms with van der Waals surface area (Å²) in [5.74, 6) is 0.787. The number of ether oxygens (including phenoxy) is 1. The topological polar surface area (TPSA) is 72.5 Å². The van der Waals surface area contributed by atoms with Gasteiger partial charge in [0.05, 0.1) is 34.7 Å². The molecule has 4 nitrogen and oxygen atoms in total. The molecule has 3 N–H and O–H groups in total. The third-order valence-corrected chi connectivity index (χ3v) is 3.49. The molecule has 0 spiro atoms. The first kappa shape index (κ1) is 12.0. The van der Waals surface area contributed by atoms with Crippen LogP contribution in [0.15, 0.2) is 23.1 Å². The lowest BCUT2D eigenvalue weighted by atomic mass is 10.3. The Morgan fingerprint density at radius 3 is 2.80 bits per heavy atom. The largest absolute Gasteiger partial charge is 0.497 e. The van der Waals surface area contributed by atoms with E-state index >= 15 is 0 Å². The van der Waals surface area contributed by atoms with Gasteiger partial charge in [0.15, 0.2) is 0 Å². The molecular formula is C10H15NO3S. The van der Waals surface area contributed by atoms with Gasteiger partial charge in [-0.2, -0.15) is 0 Å². The van der Waals surface area contributed by atoms with Crippen molar-refractivity contribution in [1.29, 1.82) is 0 Å². The maximum Gasteiger partial charge on any atom is 0.120 e. The van der Waals surface area contributed by atoms with E-state index in [2.05, 4.69) is 0 Å². The molecule has 15 heavy (non-hydrogen) atoms. The van der Waals surface area contributed by atoms with Gasteiger partial charge < -0.3 is 15.6 Å². The van der Waals surface area contributed by atoms with Crippen molar-refractivity contribution in [1.82, 2.24) is 0 Å². The van der Waals surface area contributed by atoms with E-state index in [4.69, 9.17) is 15.6 Å². The quantitative estimate of drug-likeness (QED) is 0.748. The summed E-state index contributed by atoms with van der Waals surface area (Å²) in [5, 5.41) is 9.14. The number of nitrogens with two attached hydrogens (primary N) is 1. The van der Waals surface area contributed by atoms with E-state index < -0.39 is 16.9 Å². The van der Waals surface area contributed by atoms with Crippen molar-refractivity contribution < 1.29 is 14.1 Å². The highest BCUT2D eigenvalue weighted by Crippen LogP contribution is 2.23. The standard InChI is InChI=1S/C10H15NO3S/c1-7(12)6-15(13)10-5-8(14-2)3-4-9(10)11/h3-5,7,12H,6,11H2,1-2H3. The molecule has 0 radical (unpaired) electrons. The molecule has 0 aliphatic rings. The van der Waals surface area contributed by atoms with Gasteiger partial charge in [-0.3, -0.25) is 4.21 Å². The normalized spacial score (nSPS) is 14.6. The van der Waals surface area contributed by atoms with E-state index in [1.165, 1.54) is 7.11 Å². The lowest BCUT2D eigenvalue weighted by molar-refractivity contribution is 0.219. The number of anilines is 1. The van der Waals surface area contributed by atoms with E-state index in [0.29, 0.717) is 16.3 Å². The van der Waals surface area contributed by atoms with E-state index in [9.17, 15) is 4.21 Å². The molecule has 2 atom stereocenters. The minimum Gasteiger partial charge on any atom is -0.497 e. The Hall–Kier alpha value is -1.07. The molecule has 0 bridgehead atoms. The van der Waals surface area contributed by atoms with Gasteiger partial charge >= 0.3 is 0 Å². The van der Waals surface area contributed by atoms with Gasteiger partial charge in [-0.25, -0.2) is 0 Å². The van der Waals surface area contributed by atoms with Gasteiger partial charge in [-0.05, 0) is 25.1 Å². The molecule has 1 aromatic carbocycles. The highest BCUT2D eigenvalue weighted by Gasteiger charge is 2.11. The summed E-state index contributed by atoms with van der Waals surface area (Å²) < 4.78 is 16.8. The zero-order chi connectivity index (χ0) is 11.4. The predicted molar refractivity (Wildman–Crippen MR) is 60.4 cm³/mol. The van der Waals surface area contributed by atoms with E-state index in [1.807, 2.05) is 0 Å². The SMILES string of the molecule is COc1ccc(N)c(S(=O)CC(C)O)c1. The second-order valence-electron chi connectivity index (χ2n) is 3.26. The molecule has 0 heterocycles. The number of aliphatic hydroxyl groups is 1. The number of hydrogen-bond donors (Lipinski definition) is 2. The van der Waals surface area contributed by atoms with E-state index in [0.717, 1.165) is 0 Å². The van der Waals surface area contributed by atoms with Crippen molar-refractivity contribution in [3.05, 3.63) is 18.2 Å². The number of aliphatic hydroxyl groups excluding tert-OH is 1. The molecule has 0 aliphatic carbocycles. The molecule has 0 aliphatic heterocycles. The highest BCUT2D eigenvalue weighted by atomic mass is 32.2. The Morgan fingerprint density at radius 2 is 2.27 bits per heavy atom. The number of benzene rings is 1. The molecule has 1 rings (SSSR count). The zero-order valence-electron chi connectivity index (χ0n) is 8.77. The number of nitrogen functional groups attached to an aromatic ring is 1. The number of methoxy groups -OCH3 is 1. The Kier molecular flexibility index (Phi) is 4.11. The van der Waals surface area contributed by atoms with Gasteiger partial charge in [-0.15, -0.1) is 0 Å². The Labute approximate surface area is 91.5 Å². The first-order chi connectivity index (χ1) is 7.04. The van der Waals surface area contributed by atoms with Crippen molar-refractivity contribution in [2.75, 3.05) is 18.6 Å². The second-order valence-corrected chi connectivity index (χ2v) is 4.73. The van der Waals surface area contributed by atoms with Crippen LogP contribution in [0, 0.1) is 0 Å². The fourth-order valence-electron chi connectivity index (χ4n) is 1.15. The fraction of sp³-hybridized carbons (Fsp3) is 0.400. The Bertz CT molecular complexity index is 366. The van der Waals surface area contributed by atoms with Gasteiger partial charge in [-0.1, -0.05) is 0 Å². The van der Waals surface area contributed by atoms with Crippen LogP contribution in [0.5, 0.6) is 5.75 Å². The van der Waals surface area contributed by atoms with Crippen molar-refractivity contribution in [2.45, 2.75) is 17.9 Å². The monoisotopic (exact) mass is 229 g/mol. The summed E-state index contributed by atoms with van der Waals surface area (Å²) in [7, 11) is 0.243. The average molecular weight is 229 g/mol. The maximum absolute atomic E-state index is 11.8. The number of hydrogen-bond acceptors (Lipinski definition) is 4. The van der Waals surface area contributed by atoms with Crippen molar-refractivity contribution in [3.8, 4) is 5.75 Å². The van der Waals surface area contributed by atoms with Crippen LogP contribution in [0.2, 0.25) is 0 Å². The number of rotatable bonds is 4. The second kappa shape index (κ2) is 5.14. The molecule has 0 fully saturated rings. The summed E-state index contributed by atoms with van der Waals surface area (Å²) in [5.41, 5.74) is 6.14.